The summed E-state index contributed by atoms with van der Waals surface area (Å²) in [4.78, 5) is 14.4. The Morgan fingerprint density at radius 2 is 2.06 bits per heavy atom. The van der Waals surface area contributed by atoms with Gasteiger partial charge in [-0.1, -0.05) is 30.3 Å². The van der Waals surface area contributed by atoms with Crippen LogP contribution in [0.25, 0.3) is 0 Å². The number of carbonyl (C=O) groups excluding carboxylic acids is 1. The fourth-order valence-corrected chi connectivity index (χ4v) is 1.90. The minimum Gasteiger partial charge on any atom is -0.543 e. The molecule has 0 aliphatic rings. The Balaban J connectivity index is 0.00000144. The van der Waals surface area contributed by atoms with Gasteiger partial charge in [-0.15, -0.1) is 11.3 Å². The molecule has 0 atom stereocenters. The molecule has 1 radical (unpaired) electrons. The van der Waals surface area contributed by atoms with Crippen LogP contribution >= 0.6 is 11.3 Å². The number of nitrogens with zero attached hydrogens (tertiary/aromatic N) is 1. The van der Waals surface area contributed by atoms with Crippen LogP contribution in [-0.4, -0.2) is 62.3 Å². The Kier molecular flexibility index (Phi) is 6.32. The molecule has 83 valence electrons. The number of aromatic carboxylic acids is 1. The summed E-state index contributed by atoms with van der Waals surface area (Å²) in [6.07, 6.45) is 0. The summed E-state index contributed by atoms with van der Waals surface area (Å²) in [7, 11) is 0. The van der Waals surface area contributed by atoms with Crippen LogP contribution in [0.5, 0.6) is 0 Å². The van der Waals surface area contributed by atoms with Gasteiger partial charge in [0.15, 0.2) is 5.13 Å². The van der Waals surface area contributed by atoms with Crippen LogP contribution in [0.4, 0.5) is 5.13 Å². The molecule has 0 unspecified atom stereocenters. The number of thiazole rings is 1. The van der Waals surface area contributed by atoms with Gasteiger partial charge in [-0.25, -0.2) is 4.98 Å². The van der Waals surface area contributed by atoms with Crippen molar-refractivity contribution in [1.29, 1.82) is 0 Å². The number of hydrogen-bond donors (Lipinski definition) is 1. The fourth-order valence-electron chi connectivity index (χ4n) is 1.22. The maximum Gasteiger partial charge on any atom is 0.183 e. The molecule has 1 aromatic carbocycles. The van der Waals surface area contributed by atoms with E-state index in [2.05, 4.69) is 10.3 Å². The van der Waals surface area contributed by atoms with Crippen LogP contribution < -0.4 is 10.4 Å². The number of benzene rings is 1. The second-order valence-corrected chi connectivity index (χ2v) is 4.02. The van der Waals surface area contributed by atoms with E-state index in [9.17, 15) is 9.90 Å². The number of anilines is 1. The third-order valence-corrected chi connectivity index (χ3v) is 2.80. The SMILES string of the molecule is O=C([O-])c1csc(NCc2ccccc2)n1.[K]. The summed E-state index contributed by atoms with van der Waals surface area (Å²) in [5, 5.41) is 15.6. The van der Waals surface area contributed by atoms with E-state index in [1.54, 1.807) is 0 Å². The van der Waals surface area contributed by atoms with Gasteiger partial charge in [-0.05, 0) is 5.56 Å². The van der Waals surface area contributed by atoms with Crippen molar-refractivity contribution in [2.24, 2.45) is 0 Å². The molecule has 17 heavy (non-hydrogen) atoms. The summed E-state index contributed by atoms with van der Waals surface area (Å²) in [5.74, 6) is -1.25. The van der Waals surface area contributed by atoms with Gasteiger partial charge in [-0.3, -0.25) is 0 Å². The predicted molar refractivity (Wildman–Crippen MR) is 66.0 cm³/mol. The first-order valence-corrected chi connectivity index (χ1v) is 5.58. The third-order valence-electron chi connectivity index (χ3n) is 2.00. The molecular formula is C11H9KN2O2S-. The normalized spacial score (nSPS) is 9.41. The number of nitrogens with one attached hydrogen (secondary N) is 1. The van der Waals surface area contributed by atoms with Gasteiger partial charge in [0.1, 0.15) is 0 Å². The second kappa shape index (κ2) is 7.25. The standard InChI is InChI=1S/C11H10N2O2S.K/c14-10(15)9-7-16-11(13-9)12-6-8-4-2-1-3-5-8;/h1-5,7H,6H2,(H,12,13)(H,14,15);/p-1. The number of rotatable bonds is 4. The zero-order valence-corrected chi connectivity index (χ0v) is 13.3. The van der Waals surface area contributed by atoms with E-state index in [0.717, 1.165) is 5.56 Å². The second-order valence-electron chi connectivity index (χ2n) is 3.16. The van der Waals surface area contributed by atoms with Gasteiger partial charge >= 0.3 is 0 Å². The maximum absolute atomic E-state index is 10.5. The number of hydrogen-bond acceptors (Lipinski definition) is 5. The zero-order chi connectivity index (χ0) is 11.4. The van der Waals surface area contributed by atoms with Crippen molar-refractivity contribution in [1.82, 2.24) is 4.98 Å². The summed E-state index contributed by atoms with van der Waals surface area (Å²) < 4.78 is 0. The molecule has 1 N–H and O–H groups in total. The summed E-state index contributed by atoms with van der Waals surface area (Å²) in [5.41, 5.74) is 1.09. The topological polar surface area (TPSA) is 65.0 Å². The molecule has 0 amide bonds. The molecule has 0 spiro atoms. The van der Waals surface area contributed by atoms with Crippen LogP contribution in [0.3, 0.4) is 0 Å². The molecule has 1 aromatic heterocycles. The van der Waals surface area contributed by atoms with Gasteiger partial charge in [0.05, 0.1) is 11.7 Å². The summed E-state index contributed by atoms with van der Waals surface area (Å²) in [6.45, 7) is 0.626. The Hall–Kier alpha value is -0.244. The van der Waals surface area contributed by atoms with E-state index in [1.807, 2.05) is 30.3 Å². The molecule has 0 saturated carbocycles. The average molecular weight is 272 g/mol. The molecule has 0 saturated heterocycles. The monoisotopic (exact) mass is 272 g/mol. The molecule has 0 aliphatic heterocycles. The van der Waals surface area contributed by atoms with Crippen LogP contribution in [0.15, 0.2) is 35.7 Å². The van der Waals surface area contributed by atoms with E-state index in [1.165, 1.54) is 16.7 Å². The molecule has 0 aliphatic carbocycles. The van der Waals surface area contributed by atoms with Gasteiger partial charge < -0.3 is 15.2 Å². The van der Waals surface area contributed by atoms with Crippen LogP contribution in [-0.2, 0) is 6.54 Å². The first-order valence-electron chi connectivity index (χ1n) is 4.70. The summed E-state index contributed by atoms with van der Waals surface area (Å²) >= 11 is 1.25. The third kappa shape index (κ3) is 4.49. The van der Waals surface area contributed by atoms with Crippen molar-refractivity contribution in [3.63, 3.8) is 0 Å². The van der Waals surface area contributed by atoms with E-state index >= 15 is 0 Å². The Bertz CT molecular complexity index is 487. The van der Waals surface area contributed by atoms with Crippen molar-refractivity contribution >= 4 is 73.8 Å². The van der Waals surface area contributed by atoms with Gasteiger partial charge in [0.25, 0.3) is 0 Å². The minimum absolute atomic E-state index is 0. The van der Waals surface area contributed by atoms with Crippen LogP contribution in [0.1, 0.15) is 16.1 Å². The van der Waals surface area contributed by atoms with E-state index < -0.39 is 5.97 Å². The number of aromatic nitrogens is 1. The van der Waals surface area contributed by atoms with Gasteiger partial charge in [0.2, 0.25) is 0 Å². The molecule has 4 nitrogen and oxygen atoms in total. The van der Waals surface area contributed by atoms with Crippen molar-refractivity contribution in [3.05, 3.63) is 47.0 Å². The smallest absolute Gasteiger partial charge is 0.183 e. The molecule has 0 bridgehead atoms. The van der Waals surface area contributed by atoms with Crippen molar-refractivity contribution in [2.45, 2.75) is 6.54 Å². The van der Waals surface area contributed by atoms with Crippen LogP contribution in [0.2, 0.25) is 0 Å². The van der Waals surface area contributed by atoms with Crippen molar-refractivity contribution < 1.29 is 9.90 Å². The zero-order valence-electron chi connectivity index (χ0n) is 9.34. The molecule has 2 aromatic rings. The largest absolute Gasteiger partial charge is 0.543 e. The minimum atomic E-state index is -1.25. The van der Waals surface area contributed by atoms with Gasteiger partial charge in [0, 0.05) is 63.3 Å². The van der Waals surface area contributed by atoms with Crippen molar-refractivity contribution in [3.8, 4) is 0 Å². The van der Waals surface area contributed by atoms with E-state index in [4.69, 9.17) is 0 Å². The average Bonchev–Trinajstić information content (AvgIpc) is 2.76. The Morgan fingerprint density at radius 3 is 2.65 bits per heavy atom. The van der Waals surface area contributed by atoms with Crippen molar-refractivity contribution in [2.75, 3.05) is 5.32 Å². The molecule has 0 fully saturated rings. The first-order chi connectivity index (χ1) is 7.75. The Morgan fingerprint density at radius 1 is 1.35 bits per heavy atom. The molecule has 6 heteroatoms. The van der Waals surface area contributed by atoms with E-state index in [0.29, 0.717) is 11.7 Å². The van der Waals surface area contributed by atoms with Gasteiger partial charge in [-0.2, -0.15) is 0 Å². The number of carboxylic acids is 1. The van der Waals surface area contributed by atoms with E-state index in [-0.39, 0.29) is 57.1 Å². The maximum atomic E-state index is 10.5. The number of carboxylic acid groups (broad SMARTS) is 1. The number of carbonyl (C=O) groups is 1. The summed E-state index contributed by atoms with van der Waals surface area (Å²) in [6, 6.07) is 9.82. The first kappa shape index (κ1) is 14.8. The quantitative estimate of drug-likeness (QED) is 0.834. The Labute approximate surface area is 146 Å². The molecule has 2 rings (SSSR count). The molecular weight excluding hydrogens is 263 g/mol. The predicted octanol–water partition coefficient (Wildman–Crippen LogP) is 0.738. The molecule has 1 heterocycles. The van der Waals surface area contributed by atoms with Crippen LogP contribution in [0, 0.1) is 0 Å². The fraction of sp³-hybridized carbons (Fsp3) is 0.0909.